The number of amides is 1. The molecule has 4 aromatic rings. The second kappa shape index (κ2) is 6.47. The van der Waals surface area contributed by atoms with Crippen LogP contribution in [-0.4, -0.2) is 31.5 Å². The number of aromatic amines is 1. The number of imidazole rings is 1. The Balaban J connectivity index is 1.12. The molecule has 3 aromatic heterocycles. The van der Waals surface area contributed by atoms with E-state index in [0.717, 1.165) is 36.8 Å². The van der Waals surface area contributed by atoms with E-state index in [1.54, 1.807) is 4.40 Å². The third-order valence-electron chi connectivity index (χ3n) is 6.87. The van der Waals surface area contributed by atoms with Gasteiger partial charge in [0.05, 0.1) is 17.3 Å². The quantitative estimate of drug-likeness (QED) is 0.536. The van der Waals surface area contributed by atoms with Crippen LogP contribution in [0.4, 0.5) is 4.39 Å². The lowest BCUT2D eigenvalue weighted by molar-refractivity contribution is -0.0197. The van der Waals surface area contributed by atoms with Gasteiger partial charge in [-0.3, -0.25) is 14.0 Å². The molecule has 1 spiro atoms. The average Bonchev–Trinajstić information content (AvgIpc) is 3.13. The van der Waals surface area contributed by atoms with Crippen molar-refractivity contribution in [1.29, 1.82) is 0 Å². The lowest BCUT2D eigenvalue weighted by Gasteiger charge is -2.57. The molecule has 0 bridgehead atoms. The standard InChI is InChI=1S/C23H20FN5O2/c24-14-5-6-29-18(12-25-19(29)7-14)22(31)26-15-10-23(11-15)8-13(9-23)20-16-3-1-2-4-17(16)21(30)28-27-20/h1-7,12-13,15H,8-11H2,(H,26,31)(H,28,30). The first-order chi connectivity index (χ1) is 15.0. The summed E-state index contributed by atoms with van der Waals surface area (Å²) in [5, 5.41) is 11.7. The third kappa shape index (κ3) is 2.85. The van der Waals surface area contributed by atoms with Crippen molar-refractivity contribution >= 4 is 22.3 Å². The highest BCUT2D eigenvalue weighted by Crippen LogP contribution is 2.62. The number of carbonyl (C=O) groups is 1. The Hall–Kier alpha value is -3.55. The van der Waals surface area contributed by atoms with E-state index < -0.39 is 0 Å². The predicted octanol–water partition coefficient (Wildman–Crippen LogP) is 3.17. The number of carbonyl (C=O) groups excluding carboxylic acids is 1. The molecule has 6 rings (SSSR count). The predicted molar refractivity (Wildman–Crippen MR) is 112 cm³/mol. The maximum Gasteiger partial charge on any atom is 0.272 e. The van der Waals surface area contributed by atoms with E-state index in [2.05, 4.69) is 20.5 Å². The number of pyridine rings is 1. The molecule has 2 aliphatic carbocycles. The molecule has 2 fully saturated rings. The summed E-state index contributed by atoms with van der Waals surface area (Å²) in [6, 6.07) is 10.3. The Kier molecular flexibility index (Phi) is 3.81. The number of rotatable bonds is 3. The summed E-state index contributed by atoms with van der Waals surface area (Å²) in [6.07, 6.45) is 6.89. The fourth-order valence-corrected chi connectivity index (χ4v) is 5.43. The molecule has 7 nitrogen and oxygen atoms in total. The Labute approximate surface area is 176 Å². The van der Waals surface area contributed by atoms with Crippen LogP contribution < -0.4 is 10.9 Å². The van der Waals surface area contributed by atoms with Crippen LogP contribution in [0.3, 0.4) is 0 Å². The summed E-state index contributed by atoms with van der Waals surface area (Å²) in [4.78, 5) is 28.8. The van der Waals surface area contributed by atoms with Gasteiger partial charge >= 0.3 is 0 Å². The Morgan fingerprint density at radius 1 is 1.16 bits per heavy atom. The number of aromatic nitrogens is 4. The Morgan fingerprint density at radius 3 is 2.74 bits per heavy atom. The minimum Gasteiger partial charge on any atom is -0.348 e. The molecule has 0 radical (unpaired) electrons. The number of nitrogens with zero attached hydrogens (tertiary/aromatic N) is 3. The number of hydrogen-bond donors (Lipinski definition) is 2. The summed E-state index contributed by atoms with van der Waals surface area (Å²) >= 11 is 0. The fourth-order valence-electron chi connectivity index (χ4n) is 5.43. The number of H-pyrrole nitrogens is 1. The zero-order valence-electron chi connectivity index (χ0n) is 16.6. The second-order valence-corrected chi connectivity index (χ2v) is 8.88. The number of hydrogen-bond acceptors (Lipinski definition) is 4. The first kappa shape index (κ1) is 18.2. The van der Waals surface area contributed by atoms with E-state index in [1.807, 2.05) is 24.3 Å². The first-order valence-corrected chi connectivity index (χ1v) is 10.4. The van der Waals surface area contributed by atoms with E-state index in [9.17, 15) is 14.0 Å². The zero-order valence-corrected chi connectivity index (χ0v) is 16.6. The van der Waals surface area contributed by atoms with E-state index in [1.165, 1.54) is 24.5 Å². The molecule has 156 valence electrons. The highest BCUT2D eigenvalue weighted by atomic mass is 19.1. The van der Waals surface area contributed by atoms with Crippen molar-refractivity contribution in [3.8, 4) is 0 Å². The van der Waals surface area contributed by atoms with Crippen LogP contribution in [0.15, 0.2) is 53.6 Å². The molecule has 0 aliphatic heterocycles. The maximum absolute atomic E-state index is 13.3. The van der Waals surface area contributed by atoms with Crippen LogP contribution in [0, 0.1) is 11.2 Å². The van der Waals surface area contributed by atoms with Crippen molar-refractivity contribution < 1.29 is 9.18 Å². The van der Waals surface area contributed by atoms with Gasteiger partial charge in [-0.25, -0.2) is 14.5 Å². The van der Waals surface area contributed by atoms with Crippen molar-refractivity contribution in [2.75, 3.05) is 0 Å². The van der Waals surface area contributed by atoms with E-state index in [4.69, 9.17) is 0 Å². The van der Waals surface area contributed by atoms with Gasteiger partial charge in [0.1, 0.15) is 17.2 Å². The molecule has 8 heteroatoms. The Morgan fingerprint density at radius 2 is 1.94 bits per heavy atom. The molecule has 2 aliphatic rings. The van der Waals surface area contributed by atoms with Gasteiger partial charge in [0.15, 0.2) is 0 Å². The smallest absolute Gasteiger partial charge is 0.272 e. The van der Waals surface area contributed by atoms with E-state index >= 15 is 0 Å². The van der Waals surface area contributed by atoms with Gasteiger partial charge in [0.25, 0.3) is 11.5 Å². The average molecular weight is 417 g/mol. The van der Waals surface area contributed by atoms with Crippen LogP contribution >= 0.6 is 0 Å². The van der Waals surface area contributed by atoms with Crippen molar-refractivity contribution in [3.05, 3.63) is 76.4 Å². The van der Waals surface area contributed by atoms with E-state index in [0.29, 0.717) is 22.6 Å². The molecule has 0 atom stereocenters. The molecule has 0 unspecified atom stereocenters. The summed E-state index contributed by atoms with van der Waals surface area (Å²) < 4.78 is 14.9. The van der Waals surface area contributed by atoms with Crippen molar-refractivity contribution in [3.63, 3.8) is 0 Å². The highest BCUT2D eigenvalue weighted by Gasteiger charge is 2.54. The molecule has 3 heterocycles. The second-order valence-electron chi connectivity index (χ2n) is 8.88. The number of halogens is 1. The Bertz CT molecular complexity index is 1390. The van der Waals surface area contributed by atoms with Gasteiger partial charge in [0.2, 0.25) is 0 Å². The normalized spacial score (nSPS) is 24.8. The molecule has 0 saturated heterocycles. The van der Waals surface area contributed by atoms with Gasteiger partial charge < -0.3 is 5.32 Å². The van der Waals surface area contributed by atoms with Gasteiger partial charge in [0, 0.05) is 29.6 Å². The van der Waals surface area contributed by atoms with Gasteiger partial charge in [-0.2, -0.15) is 5.10 Å². The SMILES string of the molecule is O=C(NC1CC2(C1)CC(c1n[nH]c(=O)c3ccccc13)C2)c1cnc2cc(F)ccn12. The zero-order chi connectivity index (χ0) is 21.2. The molecular weight excluding hydrogens is 397 g/mol. The topological polar surface area (TPSA) is 92.1 Å². The molecule has 2 saturated carbocycles. The largest absolute Gasteiger partial charge is 0.348 e. The van der Waals surface area contributed by atoms with Crippen molar-refractivity contribution in [1.82, 2.24) is 24.9 Å². The molecule has 2 N–H and O–H groups in total. The minimum atomic E-state index is -0.379. The van der Waals surface area contributed by atoms with Crippen LogP contribution in [-0.2, 0) is 0 Å². The summed E-state index contributed by atoms with van der Waals surface area (Å²) in [7, 11) is 0. The summed E-state index contributed by atoms with van der Waals surface area (Å²) in [6.45, 7) is 0. The van der Waals surface area contributed by atoms with Gasteiger partial charge in [-0.05, 0) is 43.2 Å². The highest BCUT2D eigenvalue weighted by molar-refractivity contribution is 5.93. The fraction of sp³-hybridized carbons (Fsp3) is 0.304. The van der Waals surface area contributed by atoms with Crippen LogP contribution in [0.5, 0.6) is 0 Å². The number of benzene rings is 1. The van der Waals surface area contributed by atoms with Crippen LogP contribution in [0.25, 0.3) is 16.4 Å². The monoisotopic (exact) mass is 417 g/mol. The van der Waals surface area contributed by atoms with Gasteiger partial charge in [-0.1, -0.05) is 18.2 Å². The lowest BCUT2D eigenvalue weighted by atomic mass is 9.49. The van der Waals surface area contributed by atoms with Crippen LogP contribution in [0.2, 0.25) is 0 Å². The minimum absolute atomic E-state index is 0.125. The molecule has 1 aromatic carbocycles. The maximum atomic E-state index is 13.3. The molecule has 1 amide bonds. The first-order valence-electron chi connectivity index (χ1n) is 10.4. The molecule has 31 heavy (non-hydrogen) atoms. The lowest BCUT2D eigenvalue weighted by Crippen LogP contribution is -2.55. The van der Waals surface area contributed by atoms with E-state index in [-0.39, 0.29) is 28.7 Å². The van der Waals surface area contributed by atoms with Crippen LogP contribution in [0.1, 0.15) is 47.8 Å². The van der Waals surface area contributed by atoms with Crippen molar-refractivity contribution in [2.24, 2.45) is 5.41 Å². The summed E-state index contributed by atoms with van der Waals surface area (Å²) in [5.74, 6) is -0.245. The van der Waals surface area contributed by atoms with Crippen molar-refractivity contribution in [2.45, 2.75) is 37.6 Å². The summed E-state index contributed by atoms with van der Waals surface area (Å²) in [5.41, 5.74) is 1.87. The third-order valence-corrected chi connectivity index (χ3v) is 6.87. The number of nitrogens with one attached hydrogen (secondary N) is 2. The molecular formula is C23H20FN5O2. The number of fused-ring (bicyclic) bond motifs is 2. The van der Waals surface area contributed by atoms with Gasteiger partial charge in [-0.15, -0.1) is 0 Å².